The zero-order valence-corrected chi connectivity index (χ0v) is 18.2. The lowest BCUT2D eigenvalue weighted by molar-refractivity contribution is -0.131. The van der Waals surface area contributed by atoms with Gasteiger partial charge in [-0.05, 0) is 53.9 Å². The fourth-order valence-electron chi connectivity index (χ4n) is 5.00. The Labute approximate surface area is 193 Å². The minimum atomic E-state index is -0.312. The summed E-state index contributed by atoms with van der Waals surface area (Å²) in [5.41, 5.74) is 4.36. The predicted octanol–water partition coefficient (Wildman–Crippen LogP) is 4.14. The minimum absolute atomic E-state index is 0.0163. The smallest absolute Gasteiger partial charge is 0.227 e. The van der Waals surface area contributed by atoms with Crippen LogP contribution in [0.1, 0.15) is 34.7 Å². The highest BCUT2D eigenvalue weighted by molar-refractivity contribution is 5.80. The molecule has 5 heteroatoms. The Kier molecular flexibility index (Phi) is 5.85. The second-order valence-electron chi connectivity index (χ2n) is 8.64. The number of hydrogen-bond acceptors (Lipinski definition) is 3. The number of aliphatic hydroxyl groups is 1. The van der Waals surface area contributed by atoms with Crippen molar-refractivity contribution in [2.75, 3.05) is 18.5 Å². The zero-order valence-electron chi connectivity index (χ0n) is 18.2. The molecule has 2 N–H and O–H groups in total. The topological polar surface area (TPSA) is 52.6 Å². The summed E-state index contributed by atoms with van der Waals surface area (Å²) in [6.45, 7) is 0.681. The number of carbonyl (C=O) groups excluding carboxylic acids is 1. The maximum absolute atomic E-state index is 13.5. The molecule has 0 saturated carbocycles. The Bertz CT molecular complexity index is 1230. The van der Waals surface area contributed by atoms with Gasteiger partial charge in [0, 0.05) is 29.3 Å². The summed E-state index contributed by atoms with van der Waals surface area (Å²) in [4.78, 5) is 15.2. The van der Waals surface area contributed by atoms with Crippen LogP contribution in [0.4, 0.5) is 10.1 Å². The first-order chi connectivity index (χ1) is 16.1. The van der Waals surface area contributed by atoms with Gasteiger partial charge < -0.3 is 15.3 Å². The Morgan fingerprint density at radius 3 is 2.58 bits per heavy atom. The molecule has 166 valence electrons. The van der Waals surface area contributed by atoms with Crippen LogP contribution in [-0.2, 0) is 11.2 Å². The van der Waals surface area contributed by atoms with Crippen molar-refractivity contribution in [2.45, 2.75) is 24.9 Å². The summed E-state index contributed by atoms with van der Waals surface area (Å²) in [5, 5.41) is 13.4. The summed E-state index contributed by atoms with van der Waals surface area (Å²) in [6.07, 6.45) is 1.19. The fraction of sp³-hybridized carbons (Fsp3) is 0.250. The van der Waals surface area contributed by atoms with Gasteiger partial charge in [-0.2, -0.15) is 0 Å². The van der Waals surface area contributed by atoms with Crippen molar-refractivity contribution in [3.05, 3.63) is 101 Å². The summed E-state index contributed by atoms with van der Waals surface area (Å²) < 4.78 is 13.5. The molecule has 0 unspecified atom stereocenters. The monoisotopic (exact) mass is 440 g/mol. The summed E-state index contributed by atoms with van der Waals surface area (Å²) in [6, 6.07) is 21.7. The van der Waals surface area contributed by atoms with Gasteiger partial charge in [0.1, 0.15) is 5.82 Å². The Balaban J connectivity index is 1.47. The molecule has 0 radical (unpaired) electrons. The van der Waals surface area contributed by atoms with Crippen molar-refractivity contribution in [1.82, 2.24) is 4.90 Å². The van der Waals surface area contributed by atoms with E-state index in [1.807, 2.05) is 53.4 Å². The molecule has 3 aromatic rings. The van der Waals surface area contributed by atoms with Gasteiger partial charge in [0.25, 0.3) is 0 Å². The highest BCUT2D eigenvalue weighted by Gasteiger charge is 2.45. The molecule has 0 aromatic heterocycles. The van der Waals surface area contributed by atoms with Crippen LogP contribution in [0.5, 0.6) is 0 Å². The molecule has 1 fully saturated rings. The fourth-order valence-corrected chi connectivity index (χ4v) is 5.00. The highest BCUT2D eigenvalue weighted by Crippen LogP contribution is 2.46. The molecule has 1 saturated heterocycles. The van der Waals surface area contributed by atoms with Crippen LogP contribution in [-0.4, -0.2) is 35.1 Å². The number of halogens is 1. The molecule has 2 heterocycles. The van der Waals surface area contributed by atoms with Crippen molar-refractivity contribution < 1.29 is 14.3 Å². The first-order valence-electron chi connectivity index (χ1n) is 11.2. The number of fused-ring (bicyclic) bond motifs is 3. The number of likely N-dealkylation sites (tertiary alicyclic amines) is 1. The molecular weight excluding hydrogens is 415 g/mol. The van der Waals surface area contributed by atoms with E-state index in [1.165, 1.54) is 12.1 Å². The molecule has 33 heavy (non-hydrogen) atoms. The Morgan fingerprint density at radius 2 is 1.82 bits per heavy atom. The molecule has 2 aliphatic heterocycles. The number of benzene rings is 3. The van der Waals surface area contributed by atoms with E-state index in [0.717, 1.165) is 28.8 Å². The number of carbonyl (C=O) groups is 1. The zero-order chi connectivity index (χ0) is 22.8. The van der Waals surface area contributed by atoms with Crippen LogP contribution in [0, 0.1) is 23.6 Å². The molecule has 3 atom stereocenters. The lowest BCUT2D eigenvalue weighted by Gasteiger charge is -2.39. The third kappa shape index (κ3) is 4.35. The lowest BCUT2D eigenvalue weighted by atomic mass is 9.82. The minimum Gasteiger partial charge on any atom is -0.394 e. The van der Waals surface area contributed by atoms with Crippen LogP contribution < -0.4 is 5.32 Å². The molecule has 0 bridgehead atoms. The van der Waals surface area contributed by atoms with Crippen LogP contribution in [0.15, 0.2) is 72.8 Å². The first-order valence-corrected chi connectivity index (χ1v) is 11.2. The second kappa shape index (κ2) is 9.09. The largest absolute Gasteiger partial charge is 0.394 e. The van der Waals surface area contributed by atoms with Crippen LogP contribution in [0.2, 0.25) is 0 Å². The van der Waals surface area contributed by atoms with Crippen molar-refractivity contribution >= 4 is 11.6 Å². The van der Waals surface area contributed by atoms with E-state index in [-0.39, 0.29) is 36.3 Å². The van der Waals surface area contributed by atoms with Crippen molar-refractivity contribution in [3.63, 3.8) is 0 Å². The van der Waals surface area contributed by atoms with E-state index in [2.05, 4.69) is 17.2 Å². The summed E-state index contributed by atoms with van der Waals surface area (Å²) >= 11 is 0. The maximum atomic E-state index is 13.5. The lowest BCUT2D eigenvalue weighted by Crippen LogP contribution is -2.43. The van der Waals surface area contributed by atoms with Gasteiger partial charge in [0.05, 0.1) is 25.1 Å². The molecule has 5 rings (SSSR count). The SMILES string of the molecule is O=C(Cc1ccccc1)N1CC[C@@H]2[C@H]1c1cc(C#Cc3cccc(F)c3)ccc1N[C@@H]2CO. The van der Waals surface area contributed by atoms with Gasteiger partial charge >= 0.3 is 0 Å². The average Bonchev–Trinajstić information content (AvgIpc) is 3.29. The van der Waals surface area contributed by atoms with E-state index in [9.17, 15) is 14.3 Å². The Morgan fingerprint density at radius 1 is 1.03 bits per heavy atom. The van der Waals surface area contributed by atoms with Gasteiger partial charge in [-0.25, -0.2) is 4.39 Å². The number of hydrogen-bond donors (Lipinski definition) is 2. The normalized spacial score (nSPS) is 20.8. The molecule has 1 amide bonds. The van der Waals surface area contributed by atoms with E-state index in [1.54, 1.807) is 12.1 Å². The van der Waals surface area contributed by atoms with Gasteiger partial charge in [0.2, 0.25) is 5.91 Å². The second-order valence-corrected chi connectivity index (χ2v) is 8.64. The number of rotatable bonds is 3. The quantitative estimate of drug-likeness (QED) is 0.602. The van der Waals surface area contributed by atoms with Gasteiger partial charge in [-0.15, -0.1) is 0 Å². The van der Waals surface area contributed by atoms with Gasteiger partial charge in [-0.1, -0.05) is 48.2 Å². The third-order valence-electron chi connectivity index (χ3n) is 6.56. The molecule has 0 spiro atoms. The summed E-state index contributed by atoms with van der Waals surface area (Å²) in [5.74, 6) is 6.07. The van der Waals surface area contributed by atoms with Gasteiger partial charge in [0.15, 0.2) is 0 Å². The van der Waals surface area contributed by atoms with Crippen LogP contribution in [0.25, 0.3) is 0 Å². The molecule has 0 aliphatic carbocycles. The summed E-state index contributed by atoms with van der Waals surface area (Å²) in [7, 11) is 0. The Hall–Kier alpha value is -3.62. The van der Waals surface area contributed by atoms with E-state index >= 15 is 0 Å². The first kappa shape index (κ1) is 21.2. The third-order valence-corrected chi connectivity index (χ3v) is 6.56. The molecular formula is C28H25FN2O2. The molecule has 4 nitrogen and oxygen atoms in total. The highest BCUT2D eigenvalue weighted by atomic mass is 19.1. The predicted molar refractivity (Wildman–Crippen MR) is 126 cm³/mol. The van der Waals surface area contributed by atoms with Crippen LogP contribution >= 0.6 is 0 Å². The maximum Gasteiger partial charge on any atom is 0.227 e. The molecule has 2 aliphatic rings. The van der Waals surface area contributed by atoms with Gasteiger partial charge in [-0.3, -0.25) is 4.79 Å². The number of aliphatic hydroxyl groups excluding tert-OH is 1. The van der Waals surface area contributed by atoms with Crippen molar-refractivity contribution in [2.24, 2.45) is 5.92 Å². The number of amides is 1. The van der Waals surface area contributed by atoms with Crippen molar-refractivity contribution in [1.29, 1.82) is 0 Å². The van der Waals surface area contributed by atoms with Crippen molar-refractivity contribution in [3.8, 4) is 11.8 Å². The van der Waals surface area contributed by atoms with E-state index in [0.29, 0.717) is 18.5 Å². The molecule has 3 aromatic carbocycles. The van der Waals surface area contributed by atoms with Crippen LogP contribution in [0.3, 0.4) is 0 Å². The number of anilines is 1. The number of nitrogens with zero attached hydrogens (tertiary/aromatic N) is 1. The van der Waals surface area contributed by atoms with E-state index in [4.69, 9.17) is 0 Å². The number of nitrogens with one attached hydrogen (secondary N) is 1. The van der Waals surface area contributed by atoms with E-state index < -0.39 is 0 Å². The average molecular weight is 441 g/mol. The standard InChI is InChI=1S/C28H25FN2O2/c29-22-8-4-7-20(15-22)9-10-21-11-12-25-24(16-21)28-23(26(18-32)30-25)13-14-31(28)27(33)17-19-5-2-1-3-6-19/h1-8,11-12,15-16,23,26,28,30,32H,13-14,17-18H2/t23-,26+,28-/m0/s1.